The zero-order chi connectivity index (χ0) is 25.7. The van der Waals surface area contributed by atoms with Gasteiger partial charge in [-0.15, -0.1) is 0 Å². The summed E-state index contributed by atoms with van der Waals surface area (Å²) in [4.78, 5) is 26.8. The highest BCUT2D eigenvalue weighted by atomic mass is 19.1. The van der Waals surface area contributed by atoms with Gasteiger partial charge in [0.1, 0.15) is 34.7 Å². The van der Waals surface area contributed by atoms with Crippen LogP contribution in [-0.4, -0.2) is 30.6 Å². The van der Waals surface area contributed by atoms with Crippen LogP contribution >= 0.6 is 0 Å². The Labute approximate surface area is 211 Å². The smallest absolute Gasteiger partial charge is 0.235 e. The lowest BCUT2D eigenvalue weighted by Crippen LogP contribution is -2.27. The molecule has 0 atom stereocenters. The van der Waals surface area contributed by atoms with Crippen molar-refractivity contribution in [3.63, 3.8) is 0 Å². The van der Waals surface area contributed by atoms with Gasteiger partial charge in [0.25, 0.3) is 0 Å². The number of benzene rings is 1. The van der Waals surface area contributed by atoms with Crippen LogP contribution in [0.1, 0.15) is 36.5 Å². The number of furan rings is 1. The summed E-state index contributed by atoms with van der Waals surface area (Å²) in [6, 6.07) is 14.0. The summed E-state index contributed by atoms with van der Waals surface area (Å²) in [5.74, 6) is 2.33. The number of carbonyl (C=O) groups excluding carboxylic acids is 1. The van der Waals surface area contributed by atoms with E-state index in [-0.39, 0.29) is 18.3 Å². The van der Waals surface area contributed by atoms with Crippen LogP contribution in [0.25, 0.3) is 22.6 Å². The zero-order valence-corrected chi connectivity index (χ0v) is 20.5. The van der Waals surface area contributed by atoms with E-state index in [2.05, 4.69) is 15.6 Å². The summed E-state index contributed by atoms with van der Waals surface area (Å²) in [5, 5.41) is 11.7. The summed E-state index contributed by atoms with van der Waals surface area (Å²) in [6.45, 7) is 6.12. The molecule has 2 N–H and O–H groups in total. The van der Waals surface area contributed by atoms with Crippen LogP contribution < -0.4 is 10.6 Å². The Kier molecular flexibility index (Phi) is 5.25. The first-order valence-electron chi connectivity index (χ1n) is 11.9. The molecule has 0 saturated heterocycles. The molecule has 1 aliphatic heterocycles. The minimum atomic E-state index is -0.830. The van der Waals surface area contributed by atoms with Crippen molar-refractivity contribution in [3.8, 4) is 11.5 Å². The maximum Gasteiger partial charge on any atom is 0.235 e. The molecule has 4 aromatic heterocycles. The lowest BCUT2D eigenvalue weighted by atomic mass is 9.87. The third-order valence-electron chi connectivity index (χ3n) is 6.56. The van der Waals surface area contributed by atoms with Gasteiger partial charge in [0.05, 0.1) is 29.5 Å². The van der Waals surface area contributed by atoms with Crippen molar-refractivity contribution >= 4 is 28.6 Å². The third-order valence-corrected chi connectivity index (χ3v) is 6.56. The Morgan fingerprint density at radius 1 is 1.11 bits per heavy atom. The van der Waals surface area contributed by atoms with E-state index < -0.39 is 5.41 Å². The molecule has 0 spiro atoms. The van der Waals surface area contributed by atoms with E-state index in [4.69, 9.17) is 19.5 Å². The molecule has 5 aromatic rings. The fourth-order valence-electron chi connectivity index (χ4n) is 4.58. The fraction of sp³-hybridized carbons (Fsp3) is 0.222. The van der Waals surface area contributed by atoms with Gasteiger partial charge in [-0.1, -0.05) is 18.2 Å². The minimum Gasteiger partial charge on any atom is -0.465 e. The van der Waals surface area contributed by atoms with Crippen LogP contribution in [-0.2, 0) is 23.3 Å². The standard InChI is InChI=1S/C27H24FN7O2/c1-15-10-11-17(37-15)13-30-22-20-23(33-26(36)27(20,2)3)32-24(31-22)21-18-8-6-12-29-25(18)35(34-21)14-16-7-4-5-9-19(16)28/h4-12H,13-14H2,1-3H3,(H2,30,31,32,33,36). The minimum absolute atomic E-state index is 0.164. The number of aromatic nitrogens is 5. The Morgan fingerprint density at radius 3 is 2.73 bits per heavy atom. The molecule has 5 heterocycles. The Hall–Kier alpha value is -4.60. The summed E-state index contributed by atoms with van der Waals surface area (Å²) >= 11 is 0. The second-order valence-corrected chi connectivity index (χ2v) is 9.54. The number of rotatable bonds is 6. The van der Waals surface area contributed by atoms with E-state index >= 15 is 0 Å². The highest BCUT2D eigenvalue weighted by molar-refractivity contribution is 6.06. The number of hydrogen-bond donors (Lipinski definition) is 2. The van der Waals surface area contributed by atoms with Gasteiger partial charge in [-0.25, -0.2) is 24.0 Å². The molecule has 6 rings (SSSR count). The molecule has 0 fully saturated rings. The zero-order valence-electron chi connectivity index (χ0n) is 20.5. The maximum absolute atomic E-state index is 14.4. The van der Waals surface area contributed by atoms with Gasteiger partial charge in [-0.2, -0.15) is 5.10 Å². The molecule has 1 aromatic carbocycles. The van der Waals surface area contributed by atoms with E-state index in [1.165, 1.54) is 6.07 Å². The molecule has 0 unspecified atom stereocenters. The first-order valence-corrected chi connectivity index (χ1v) is 11.9. The monoisotopic (exact) mass is 497 g/mol. The van der Waals surface area contributed by atoms with Gasteiger partial charge in [0, 0.05) is 11.8 Å². The first kappa shape index (κ1) is 22.8. The topological polar surface area (TPSA) is 111 Å². The molecule has 9 nitrogen and oxygen atoms in total. The average molecular weight is 498 g/mol. The van der Waals surface area contributed by atoms with Crippen LogP contribution in [0.3, 0.4) is 0 Å². The number of carbonyl (C=O) groups is 1. The van der Waals surface area contributed by atoms with Crippen molar-refractivity contribution in [3.05, 3.63) is 83.2 Å². The number of pyridine rings is 1. The molecule has 186 valence electrons. The van der Waals surface area contributed by atoms with E-state index in [9.17, 15) is 9.18 Å². The van der Waals surface area contributed by atoms with Crippen molar-refractivity contribution in [1.29, 1.82) is 0 Å². The fourth-order valence-corrected chi connectivity index (χ4v) is 4.58. The van der Waals surface area contributed by atoms with Gasteiger partial charge in [0.15, 0.2) is 11.5 Å². The number of nitrogens with one attached hydrogen (secondary N) is 2. The summed E-state index contributed by atoms with van der Waals surface area (Å²) in [7, 11) is 0. The van der Waals surface area contributed by atoms with Crippen LogP contribution in [0.15, 0.2) is 59.1 Å². The molecule has 0 saturated carbocycles. The van der Waals surface area contributed by atoms with Crippen molar-refractivity contribution in [2.24, 2.45) is 0 Å². The molecule has 0 bridgehead atoms. The van der Waals surface area contributed by atoms with Crippen LogP contribution in [0, 0.1) is 12.7 Å². The van der Waals surface area contributed by atoms with Crippen LogP contribution in [0.4, 0.5) is 16.0 Å². The quantitative estimate of drug-likeness (QED) is 0.346. The predicted molar refractivity (Wildman–Crippen MR) is 136 cm³/mol. The molecule has 1 aliphatic rings. The number of anilines is 2. The molecular weight excluding hydrogens is 473 g/mol. The number of hydrogen-bond acceptors (Lipinski definition) is 7. The molecule has 10 heteroatoms. The van der Waals surface area contributed by atoms with Crippen molar-refractivity contribution < 1.29 is 13.6 Å². The van der Waals surface area contributed by atoms with Crippen LogP contribution in [0.5, 0.6) is 0 Å². The van der Waals surface area contributed by atoms with Crippen molar-refractivity contribution in [2.75, 3.05) is 10.6 Å². The highest BCUT2D eigenvalue weighted by Gasteiger charge is 2.43. The molecule has 0 aliphatic carbocycles. The van der Waals surface area contributed by atoms with Crippen molar-refractivity contribution in [1.82, 2.24) is 24.7 Å². The summed E-state index contributed by atoms with van der Waals surface area (Å²) < 4.78 is 21.7. The van der Waals surface area contributed by atoms with E-state index in [1.54, 1.807) is 35.1 Å². The number of amides is 1. The van der Waals surface area contributed by atoms with Gasteiger partial charge in [0.2, 0.25) is 5.91 Å². The lowest BCUT2D eigenvalue weighted by molar-refractivity contribution is -0.119. The first-order chi connectivity index (χ1) is 17.8. The number of halogens is 1. The molecule has 1 amide bonds. The second kappa shape index (κ2) is 8.51. The van der Waals surface area contributed by atoms with E-state index in [1.807, 2.05) is 39.0 Å². The van der Waals surface area contributed by atoms with Gasteiger partial charge in [-0.3, -0.25) is 4.79 Å². The number of aryl methyl sites for hydroxylation is 1. The second-order valence-electron chi connectivity index (χ2n) is 9.54. The summed E-state index contributed by atoms with van der Waals surface area (Å²) in [6.07, 6.45) is 1.66. The normalized spacial score (nSPS) is 14.1. The number of fused-ring (bicyclic) bond motifs is 2. The van der Waals surface area contributed by atoms with E-state index in [0.717, 1.165) is 16.9 Å². The third kappa shape index (κ3) is 3.90. The van der Waals surface area contributed by atoms with Crippen molar-refractivity contribution in [2.45, 2.75) is 39.3 Å². The highest BCUT2D eigenvalue weighted by Crippen LogP contribution is 2.42. The van der Waals surface area contributed by atoms with Gasteiger partial charge < -0.3 is 15.1 Å². The SMILES string of the molecule is Cc1ccc(CNc2nc(-c3nn(Cc4ccccc4F)c4ncccc34)nc3c2C(C)(C)C(=O)N3)o1. The largest absolute Gasteiger partial charge is 0.465 e. The average Bonchev–Trinajstić information content (AvgIpc) is 3.53. The number of nitrogens with zero attached hydrogens (tertiary/aromatic N) is 5. The van der Waals surface area contributed by atoms with Gasteiger partial charge in [-0.05, 0) is 51.1 Å². The maximum atomic E-state index is 14.4. The van der Waals surface area contributed by atoms with Crippen LogP contribution in [0.2, 0.25) is 0 Å². The summed E-state index contributed by atoms with van der Waals surface area (Å²) in [5.41, 5.74) is 1.40. The lowest BCUT2D eigenvalue weighted by Gasteiger charge is -2.18. The Bertz CT molecular complexity index is 1670. The predicted octanol–water partition coefficient (Wildman–Crippen LogP) is 4.82. The molecular formula is C27H24FN7O2. The Morgan fingerprint density at radius 2 is 1.95 bits per heavy atom. The van der Waals surface area contributed by atoms with E-state index in [0.29, 0.717) is 46.5 Å². The molecule has 37 heavy (non-hydrogen) atoms. The van der Waals surface area contributed by atoms with Gasteiger partial charge >= 0.3 is 0 Å². The molecule has 0 radical (unpaired) electrons. The Balaban J connectivity index is 1.47.